The van der Waals surface area contributed by atoms with Crippen molar-refractivity contribution in [2.75, 3.05) is 27.4 Å². The van der Waals surface area contributed by atoms with Crippen LogP contribution < -0.4 is 14.2 Å². The topological polar surface area (TPSA) is 80.3 Å². The molecular weight excluding hydrogens is 628 g/mol. The molecule has 7 nitrogen and oxygen atoms in total. The van der Waals surface area contributed by atoms with Crippen molar-refractivity contribution in [3.8, 4) is 28.4 Å². The van der Waals surface area contributed by atoms with E-state index in [1.807, 2.05) is 66.7 Å². The van der Waals surface area contributed by atoms with E-state index in [4.69, 9.17) is 23.7 Å². The molecule has 0 spiro atoms. The highest BCUT2D eigenvalue weighted by Crippen LogP contribution is 2.58. The van der Waals surface area contributed by atoms with Gasteiger partial charge in [-0.15, -0.1) is 0 Å². The number of fused-ring (bicyclic) bond motifs is 8. The van der Waals surface area contributed by atoms with Crippen LogP contribution in [0.3, 0.4) is 0 Å². The van der Waals surface area contributed by atoms with Gasteiger partial charge in [0, 0.05) is 40.5 Å². The van der Waals surface area contributed by atoms with Crippen LogP contribution in [0.5, 0.6) is 17.2 Å². The Hall–Kier alpha value is -5.40. The number of hydrogen-bond donors (Lipinski definition) is 0. The SMILES string of the molecule is CCC(=O)CCC(=O)OCCOC1(C)c2ccccc2-c2c1c1c(c3ccccc23)OC(c2ccc(OC)cc2)(c2ccc(OC)cc2)C=C1. The molecule has 2 aliphatic rings. The second-order valence-corrected chi connectivity index (χ2v) is 12.7. The molecule has 0 saturated carbocycles. The van der Waals surface area contributed by atoms with E-state index in [1.165, 1.54) is 0 Å². The van der Waals surface area contributed by atoms with Gasteiger partial charge >= 0.3 is 5.97 Å². The smallest absolute Gasteiger partial charge is 0.306 e. The van der Waals surface area contributed by atoms with Crippen molar-refractivity contribution in [2.45, 2.75) is 44.3 Å². The Kier molecular flexibility index (Phi) is 8.93. The van der Waals surface area contributed by atoms with Gasteiger partial charge in [0.15, 0.2) is 5.60 Å². The number of carbonyl (C=O) groups excluding carboxylic acids is 2. The molecule has 1 atom stereocenters. The van der Waals surface area contributed by atoms with Gasteiger partial charge in [-0.3, -0.25) is 9.59 Å². The lowest BCUT2D eigenvalue weighted by Crippen LogP contribution is -2.35. The van der Waals surface area contributed by atoms with Crippen molar-refractivity contribution < 1.29 is 33.3 Å². The molecule has 7 heteroatoms. The average Bonchev–Trinajstić information content (AvgIpc) is 3.44. The van der Waals surface area contributed by atoms with E-state index < -0.39 is 17.2 Å². The number of ketones is 1. The van der Waals surface area contributed by atoms with E-state index >= 15 is 0 Å². The van der Waals surface area contributed by atoms with Crippen molar-refractivity contribution in [1.82, 2.24) is 0 Å². The van der Waals surface area contributed by atoms with Crippen molar-refractivity contribution in [3.05, 3.63) is 131 Å². The lowest BCUT2D eigenvalue weighted by Gasteiger charge is -2.39. The second-order valence-electron chi connectivity index (χ2n) is 12.7. The van der Waals surface area contributed by atoms with Crippen LogP contribution in [0.4, 0.5) is 0 Å². The Morgan fingerprint density at radius 2 is 1.36 bits per heavy atom. The van der Waals surface area contributed by atoms with Gasteiger partial charge in [0.1, 0.15) is 35.2 Å². The van der Waals surface area contributed by atoms with Crippen LogP contribution in [-0.4, -0.2) is 39.2 Å². The highest BCUT2D eigenvalue weighted by molar-refractivity contribution is 6.08. The van der Waals surface area contributed by atoms with Crippen molar-refractivity contribution in [3.63, 3.8) is 0 Å². The summed E-state index contributed by atoms with van der Waals surface area (Å²) in [6.07, 6.45) is 4.95. The summed E-state index contributed by atoms with van der Waals surface area (Å²) in [5.41, 5.74) is 5.21. The first-order valence-electron chi connectivity index (χ1n) is 17.0. The summed E-state index contributed by atoms with van der Waals surface area (Å²) in [7, 11) is 3.32. The number of rotatable bonds is 12. The fourth-order valence-electron chi connectivity index (χ4n) is 7.31. The minimum absolute atomic E-state index is 0.0418. The van der Waals surface area contributed by atoms with Gasteiger partial charge in [-0.25, -0.2) is 0 Å². The van der Waals surface area contributed by atoms with E-state index in [-0.39, 0.29) is 31.8 Å². The van der Waals surface area contributed by atoms with Gasteiger partial charge < -0.3 is 23.7 Å². The van der Waals surface area contributed by atoms with Crippen LogP contribution in [0.1, 0.15) is 60.9 Å². The van der Waals surface area contributed by atoms with Crippen LogP contribution in [0, 0.1) is 0 Å². The summed E-state index contributed by atoms with van der Waals surface area (Å²) in [6.45, 7) is 4.12. The fourth-order valence-corrected chi connectivity index (χ4v) is 7.31. The predicted molar refractivity (Wildman–Crippen MR) is 194 cm³/mol. The highest BCUT2D eigenvalue weighted by atomic mass is 16.6. The maximum absolute atomic E-state index is 12.4. The maximum atomic E-state index is 12.4. The molecule has 0 saturated heterocycles. The number of ether oxygens (including phenoxy) is 5. The summed E-state index contributed by atoms with van der Waals surface area (Å²) in [6, 6.07) is 32.6. The number of Topliss-reactive ketones (excluding diaryl/α,β-unsaturated/α-hetero) is 1. The summed E-state index contributed by atoms with van der Waals surface area (Å²) in [5, 5.41) is 2.05. The Morgan fingerprint density at radius 3 is 2.00 bits per heavy atom. The Morgan fingerprint density at radius 1 is 0.740 bits per heavy atom. The number of carbonyl (C=O) groups is 2. The van der Waals surface area contributed by atoms with Crippen molar-refractivity contribution >= 4 is 28.6 Å². The van der Waals surface area contributed by atoms with E-state index in [0.29, 0.717) is 6.42 Å². The third-order valence-electron chi connectivity index (χ3n) is 9.92. The molecule has 0 aromatic heterocycles. The van der Waals surface area contributed by atoms with E-state index in [0.717, 1.165) is 67.0 Å². The van der Waals surface area contributed by atoms with Gasteiger partial charge in [0.2, 0.25) is 0 Å². The summed E-state index contributed by atoms with van der Waals surface area (Å²) < 4.78 is 30.6. The van der Waals surface area contributed by atoms with Gasteiger partial charge in [0.05, 0.1) is 27.2 Å². The van der Waals surface area contributed by atoms with Crippen LogP contribution in [0.25, 0.3) is 28.0 Å². The molecule has 0 fully saturated rings. The molecule has 5 aromatic rings. The van der Waals surface area contributed by atoms with Crippen LogP contribution in [-0.2, 0) is 30.3 Å². The standard InChI is InChI=1S/C43H40O7/c1-5-30(44)18-23-38(45)48-26-27-49-42(2)37-13-9-8-12-35(37)39-33-10-6-7-11-34(33)41-36(40(39)42)24-25-43(50-41,28-14-19-31(46-3)20-15-28)29-16-21-32(47-4)22-17-29/h6-17,19-22,24-25H,5,18,23,26-27H2,1-4H3. The van der Waals surface area contributed by atoms with Gasteiger partial charge in [-0.2, -0.15) is 0 Å². The van der Waals surface area contributed by atoms with E-state index in [1.54, 1.807) is 21.1 Å². The summed E-state index contributed by atoms with van der Waals surface area (Å²) in [5.74, 6) is 1.91. The lowest BCUT2D eigenvalue weighted by molar-refractivity contribution is -0.147. The van der Waals surface area contributed by atoms with E-state index in [2.05, 4.69) is 49.4 Å². The third-order valence-corrected chi connectivity index (χ3v) is 9.92. The Labute approximate surface area is 292 Å². The molecule has 254 valence electrons. The van der Waals surface area contributed by atoms with Crippen LogP contribution in [0.2, 0.25) is 0 Å². The lowest BCUT2D eigenvalue weighted by atomic mass is 9.80. The Balaban J connectivity index is 1.34. The molecule has 1 heterocycles. The zero-order valence-electron chi connectivity index (χ0n) is 28.8. The fraction of sp³-hybridized carbons (Fsp3) is 0.256. The monoisotopic (exact) mass is 668 g/mol. The number of benzene rings is 5. The number of methoxy groups -OCH3 is 2. The first-order valence-corrected chi connectivity index (χ1v) is 17.0. The van der Waals surface area contributed by atoms with Crippen molar-refractivity contribution in [2.24, 2.45) is 0 Å². The first kappa shape index (κ1) is 33.1. The molecule has 1 unspecified atom stereocenters. The normalized spacial score (nSPS) is 16.6. The van der Waals surface area contributed by atoms with E-state index in [9.17, 15) is 9.59 Å². The van der Waals surface area contributed by atoms with Gasteiger partial charge in [-0.1, -0.05) is 85.8 Å². The first-order chi connectivity index (χ1) is 24.3. The molecule has 5 aromatic carbocycles. The minimum atomic E-state index is -0.960. The number of esters is 1. The summed E-state index contributed by atoms with van der Waals surface area (Å²) >= 11 is 0. The second kappa shape index (κ2) is 13.5. The molecular formula is C43H40O7. The molecule has 1 aliphatic heterocycles. The molecule has 0 N–H and O–H groups in total. The molecule has 0 amide bonds. The van der Waals surface area contributed by atoms with Gasteiger partial charge in [-0.05, 0) is 59.3 Å². The van der Waals surface area contributed by atoms with Crippen LogP contribution >= 0.6 is 0 Å². The largest absolute Gasteiger partial charge is 0.497 e. The molecule has 0 radical (unpaired) electrons. The van der Waals surface area contributed by atoms with Gasteiger partial charge in [0.25, 0.3) is 0 Å². The maximum Gasteiger partial charge on any atom is 0.306 e. The van der Waals surface area contributed by atoms with Crippen molar-refractivity contribution in [1.29, 1.82) is 0 Å². The minimum Gasteiger partial charge on any atom is -0.497 e. The number of hydrogen-bond acceptors (Lipinski definition) is 7. The zero-order chi connectivity index (χ0) is 34.9. The quantitative estimate of drug-likeness (QED) is 0.0971. The zero-order valence-corrected chi connectivity index (χ0v) is 28.8. The predicted octanol–water partition coefficient (Wildman–Crippen LogP) is 8.77. The average molecular weight is 669 g/mol. The summed E-state index contributed by atoms with van der Waals surface area (Å²) in [4.78, 5) is 24.1. The molecule has 1 aliphatic carbocycles. The molecule has 50 heavy (non-hydrogen) atoms. The van der Waals surface area contributed by atoms with Crippen LogP contribution in [0.15, 0.2) is 103 Å². The third kappa shape index (κ3) is 5.61. The Bertz CT molecular complexity index is 2050. The highest BCUT2D eigenvalue weighted by Gasteiger charge is 2.47. The molecule has 0 bridgehead atoms. The molecule has 7 rings (SSSR count).